The van der Waals surface area contributed by atoms with Crippen LogP contribution in [0, 0.1) is 0 Å². The summed E-state index contributed by atoms with van der Waals surface area (Å²) >= 11 is 0. The number of nitrogens with zero attached hydrogens (tertiary/aromatic N) is 2. The van der Waals surface area contributed by atoms with Crippen molar-refractivity contribution in [2.75, 3.05) is 20.6 Å². The quantitative estimate of drug-likeness (QED) is 0.613. The Kier molecular flexibility index (Phi) is 4.89. The zero-order valence-corrected chi connectivity index (χ0v) is 8.87. The minimum absolute atomic E-state index is 0.0268. The molecule has 74 valence electrons. The lowest BCUT2D eigenvalue weighted by Gasteiger charge is -2.22. The molecule has 0 radical (unpaired) electrons. The molecule has 0 heterocycles. The second-order valence-electron chi connectivity index (χ2n) is 3.24. The van der Waals surface area contributed by atoms with Crippen molar-refractivity contribution in [3.8, 4) is 0 Å². The van der Waals surface area contributed by atoms with Crippen LogP contribution in [0.5, 0.6) is 0 Å². The highest BCUT2D eigenvalue weighted by atomic mass is 16.2. The van der Waals surface area contributed by atoms with Gasteiger partial charge in [-0.15, -0.1) is 0 Å². The highest BCUT2D eigenvalue weighted by Gasteiger charge is 2.11. The van der Waals surface area contributed by atoms with E-state index in [2.05, 4.69) is 6.58 Å². The Balaban J connectivity index is 4.41. The first kappa shape index (κ1) is 11.8. The van der Waals surface area contributed by atoms with E-state index >= 15 is 0 Å². The molecule has 0 rings (SSSR count). The first-order valence-corrected chi connectivity index (χ1v) is 4.24. The third kappa shape index (κ3) is 4.35. The molecule has 0 bridgehead atoms. The van der Waals surface area contributed by atoms with Crippen LogP contribution in [0.15, 0.2) is 24.4 Å². The van der Waals surface area contributed by atoms with Crippen LogP contribution in [-0.2, 0) is 0 Å². The molecular formula is C10H18N2O. The molecule has 0 unspecified atom stereocenters. The van der Waals surface area contributed by atoms with E-state index in [-0.39, 0.29) is 6.03 Å². The van der Waals surface area contributed by atoms with Crippen molar-refractivity contribution >= 4 is 6.03 Å². The van der Waals surface area contributed by atoms with E-state index in [1.807, 2.05) is 19.9 Å². The van der Waals surface area contributed by atoms with Gasteiger partial charge in [-0.05, 0) is 13.8 Å². The summed E-state index contributed by atoms with van der Waals surface area (Å²) in [6.07, 6.45) is 3.60. The van der Waals surface area contributed by atoms with Gasteiger partial charge in [-0.2, -0.15) is 0 Å². The number of rotatable bonds is 3. The Hall–Kier alpha value is -1.25. The maximum atomic E-state index is 11.5. The SMILES string of the molecule is C=C(C)CN(/C=C/C)C(=O)N(C)C. The molecular weight excluding hydrogens is 164 g/mol. The average Bonchev–Trinajstić information content (AvgIpc) is 2.01. The van der Waals surface area contributed by atoms with Gasteiger partial charge in [0.25, 0.3) is 0 Å². The van der Waals surface area contributed by atoms with E-state index in [0.717, 1.165) is 5.57 Å². The second kappa shape index (κ2) is 5.41. The van der Waals surface area contributed by atoms with Crippen molar-refractivity contribution in [2.45, 2.75) is 13.8 Å². The molecule has 3 heteroatoms. The standard InChI is InChI=1S/C10H18N2O/c1-6-7-12(8-9(2)3)10(13)11(4)5/h6-7H,2,8H2,1,3-5H3/b7-6+. The number of allylic oxidation sites excluding steroid dienone is 1. The summed E-state index contributed by atoms with van der Waals surface area (Å²) in [7, 11) is 3.47. The Bertz CT molecular complexity index is 219. The summed E-state index contributed by atoms with van der Waals surface area (Å²) in [5.41, 5.74) is 0.966. The fraction of sp³-hybridized carbons (Fsp3) is 0.500. The van der Waals surface area contributed by atoms with Crippen molar-refractivity contribution in [3.05, 3.63) is 24.4 Å². The minimum atomic E-state index is -0.0268. The molecule has 0 atom stereocenters. The van der Waals surface area contributed by atoms with E-state index in [0.29, 0.717) is 6.54 Å². The number of urea groups is 1. The van der Waals surface area contributed by atoms with Crippen molar-refractivity contribution in [1.29, 1.82) is 0 Å². The van der Waals surface area contributed by atoms with Crippen molar-refractivity contribution < 1.29 is 4.79 Å². The number of hydrogen-bond donors (Lipinski definition) is 0. The maximum absolute atomic E-state index is 11.5. The monoisotopic (exact) mass is 182 g/mol. The van der Waals surface area contributed by atoms with Crippen molar-refractivity contribution in [1.82, 2.24) is 9.80 Å². The Morgan fingerprint density at radius 1 is 1.46 bits per heavy atom. The number of hydrogen-bond acceptors (Lipinski definition) is 1. The normalized spacial score (nSPS) is 10.2. The van der Waals surface area contributed by atoms with Crippen LogP contribution in [0.3, 0.4) is 0 Å². The van der Waals surface area contributed by atoms with Gasteiger partial charge in [-0.25, -0.2) is 4.79 Å². The van der Waals surface area contributed by atoms with Gasteiger partial charge in [-0.1, -0.05) is 18.2 Å². The van der Waals surface area contributed by atoms with Gasteiger partial charge >= 0.3 is 6.03 Å². The molecule has 0 aromatic heterocycles. The summed E-state index contributed by atoms with van der Waals surface area (Å²) in [4.78, 5) is 14.7. The lowest BCUT2D eigenvalue weighted by atomic mass is 10.3. The maximum Gasteiger partial charge on any atom is 0.323 e. The Morgan fingerprint density at radius 2 is 2.00 bits per heavy atom. The largest absolute Gasteiger partial charge is 0.330 e. The van der Waals surface area contributed by atoms with E-state index in [4.69, 9.17) is 0 Å². The molecule has 2 amide bonds. The van der Waals surface area contributed by atoms with Crippen molar-refractivity contribution in [3.63, 3.8) is 0 Å². The molecule has 0 saturated heterocycles. The Morgan fingerprint density at radius 3 is 2.31 bits per heavy atom. The van der Waals surface area contributed by atoms with Crippen molar-refractivity contribution in [2.24, 2.45) is 0 Å². The molecule has 0 aliphatic rings. The van der Waals surface area contributed by atoms with Crippen LogP contribution in [0.1, 0.15) is 13.8 Å². The summed E-state index contributed by atoms with van der Waals surface area (Å²) in [6.45, 7) is 8.13. The van der Waals surface area contributed by atoms with E-state index in [1.54, 1.807) is 30.1 Å². The smallest absolute Gasteiger partial charge is 0.323 e. The summed E-state index contributed by atoms with van der Waals surface area (Å²) in [5.74, 6) is 0. The predicted octanol–water partition coefficient (Wildman–Crippen LogP) is 2.08. The zero-order valence-electron chi connectivity index (χ0n) is 8.87. The molecule has 0 aliphatic heterocycles. The number of carbonyl (C=O) groups excluding carboxylic acids is 1. The highest BCUT2D eigenvalue weighted by molar-refractivity contribution is 5.75. The van der Waals surface area contributed by atoms with Gasteiger partial charge < -0.3 is 4.90 Å². The highest BCUT2D eigenvalue weighted by Crippen LogP contribution is 2.00. The summed E-state index contributed by atoms with van der Waals surface area (Å²) in [5, 5.41) is 0. The lowest BCUT2D eigenvalue weighted by molar-refractivity contribution is 0.191. The van der Waals surface area contributed by atoms with Gasteiger partial charge in [0.15, 0.2) is 0 Å². The van der Waals surface area contributed by atoms with Gasteiger partial charge in [0, 0.05) is 26.8 Å². The molecule has 13 heavy (non-hydrogen) atoms. The topological polar surface area (TPSA) is 23.6 Å². The predicted molar refractivity (Wildman–Crippen MR) is 55.4 cm³/mol. The third-order valence-electron chi connectivity index (χ3n) is 1.40. The molecule has 0 spiro atoms. The summed E-state index contributed by atoms with van der Waals surface area (Å²) in [6, 6.07) is -0.0268. The van der Waals surface area contributed by atoms with Crippen LogP contribution in [0.4, 0.5) is 4.79 Å². The van der Waals surface area contributed by atoms with E-state index in [1.165, 1.54) is 0 Å². The molecule has 0 aliphatic carbocycles. The van der Waals surface area contributed by atoms with Crippen LogP contribution in [0.25, 0.3) is 0 Å². The van der Waals surface area contributed by atoms with E-state index < -0.39 is 0 Å². The molecule has 0 saturated carbocycles. The van der Waals surface area contributed by atoms with Crippen LogP contribution in [-0.4, -0.2) is 36.5 Å². The number of carbonyl (C=O) groups is 1. The molecule has 0 aromatic carbocycles. The van der Waals surface area contributed by atoms with E-state index in [9.17, 15) is 4.79 Å². The van der Waals surface area contributed by atoms with Gasteiger partial charge in [0.2, 0.25) is 0 Å². The molecule has 0 fully saturated rings. The molecule has 3 nitrogen and oxygen atoms in total. The second-order valence-corrected chi connectivity index (χ2v) is 3.24. The fourth-order valence-corrected chi connectivity index (χ4v) is 0.912. The van der Waals surface area contributed by atoms with Gasteiger partial charge in [-0.3, -0.25) is 4.90 Å². The van der Waals surface area contributed by atoms with Gasteiger partial charge in [0.1, 0.15) is 0 Å². The Labute approximate surface area is 80.3 Å². The van der Waals surface area contributed by atoms with Gasteiger partial charge in [0.05, 0.1) is 0 Å². The third-order valence-corrected chi connectivity index (χ3v) is 1.40. The molecule has 0 N–H and O–H groups in total. The fourth-order valence-electron chi connectivity index (χ4n) is 0.912. The lowest BCUT2D eigenvalue weighted by Crippen LogP contribution is -2.36. The van der Waals surface area contributed by atoms with Crippen LogP contribution in [0.2, 0.25) is 0 Å². The first-order chi connectivity index (χ1) is 5.99. The van der Waals surface area contributed by atoms with Crippen LogP contribution >= 0.6 is 0 Å². The first-order valence-electron chi connectivity index (χ1n) is 4.24. The number of amides is 2. The minimum Gasteiger partial charge on any atom is -0.330 e. The summed E-state index contributed by atoms with van der Waals surface area (Å²) < 4.78 is 0. The average molecular weight is 182 g/mol. The molecule has 0 aromatic rings. The van der Waals surface area contributed by atoms with Crippen LogP contribution < -0.4 is 0 Å². The zero-order chi connectivity index (χ0) is 10.4.